The molecule has 2 aromatic heterocycles. The fourth-order valence-corrected chi connectivity index (χ4v) is 6.25. The van der Waals surface area contributed by atoms with Gasteiger partial charge in [0, 0.05) is 45.5 Å². The molecule has 1 atom stereocenters. The highest BCUT2D eigenvalue weighted by Crippen LogP contribution is 2.32. The minimum atomic E-state index is -0.389. The first-order valence-electron chi connectivity index (χ1n) is 16.5. The number of hydrogen-bond acceptors (Lipinski definition) is 6. The third kappa shape index (κ3) is 7.21. The number of hydrogen-bond donors (Lipinski definition) is 1. The predicted molar refractivity (Wildman–Crippen MR) is 187 cm³/mol. The Morgan fingerprint density at radius 3 is 2.28 bits per heavy atom. The molecule has 0 unspecified atom stereocenters. The average Bonchev–Trinajstić information content (AvgIpc) is 3.39. The highest BCUT2D eigenvalue weighted by Gasteiger charge is 2.33. The molecule has 9 nitrogen and oxygen atoms in total. The summed E-state index contributed by atoms with van der Waals surface area (Å²) in [6.07, 6.45) is 6.07. The minimum absolute atomic E-state index is 0.165. The second kappa shape index (κ2) is 15.1. The van der Waals surface area contributed by atoms with E-state index in [1.807, 2.05) is 85.4 Å². The van der Waals surface area contributed by atoms with Crippen LogP contribution in [-0.4, -0.2) is 81.3 Å². The van der Waals surface area contributed by atoms with Gasteiger partial charge in [0.1, 0.15) is 5.82 Å². The van der Waals surface area contributed by atoms with Crippen molar-refractivity contribution < 1.29 is 14.7 Å². The summed E-state index contributed by atoms with van der Waals surface area (Å²) in [5, 5.41) is 15.5. The fourth-order valence-electron chi connectivity index (χ4n) is 6.05. The van der Waals surface area contributed by atoms with Gasteiger partial charge in [-0.3, -0.25) is 9.59 Å². The molecule has 1 aliphatic rings. The van der Waals surface area contributed by atoms with E-state index >= 15 is 0 Å². The van der Waals surface area contributed by atoms with E-state index in [4.69, 9.17) is 16.7 Å². The van der Waals surface area contributed by atoms with E-state index in [1.54, 1.807) is 15.8 Å². The number of rotatable bonds is 12. The molecular weight excluding hydrogens is 612 g/mol. The first-order chi connectivity index (χ1) is 22.7. The van der Waals surface area contributed by atoms with Crippen LogP contribution in [0.4, 0.5) is 5.82 Å². The highest BCUT2D eigenvalue weighted by molar-refractivity contribution is 6.34. The third-order valence-corrected chi connectivity index (χ3v) is 9.37. The van der Waals surface area contributed by atoms with E-state index in [2.05, 4.69) is 18.8 Å². The maximum Gasteiger partial charge on any atom is 0.275 e. The number of carbonyl (C=O) groups excluding carboxylic acids is 2. The van der Waals surface area contributed by atoms with Gasteiger partial charge in [-0.2, -0.15) is 5.10 Å². The Kier molecular flexibility index (Phi) is 11.0. The summed E-state index contributed by atoms with van der Waals surface area (Å²) in [6.45, 7) is 7.49. The van der Waals surface area contributed by atoms with E-state index in [-0.39, 0.29) is 35.2 Å². The Hall–Kier alpha value is -4.21. The molecule has 3 heterocycles. The standard InChI is InChI=1S/C37H45ClN6O3/c1-6-8-18-42(19-9-7-2)37(47)35-34(38)25(3)44(40-35)32-16-14-27(28-15-17-33(39-22-28)41(4)5)21-31(32)36(46)43-23-29-13-11-10-12-26(29)20-30(43)24-45/h10-17,21-22,30,45H,6-9,18-20,23-24H2,1-5H3/t30-/m0/s1. The van der Waals surface area contributed by atoms with Gasteiger partial charge in [-0.15, -0.1) is 0 Å². The number of carbonyl (C=O) groups is 2. The predicted octanol–water partition coefficient (Wildman–Crippen LogP) is 6.56. The van der Waals surface area contributed by atoms with Gasteiger partial charge in [0.15, 0.2) is 5.69 Å². The molecule has 1 aliphatic heterocycles. The number of pyridine rings is 1. The summed E-state index contributed by atoms with van der Waals surface area (Å²) < 4.78 is 1.61. The average molecular weight is 657 g/mol. The summed E-state index contributed by atoms with van der Waals surface area (Å²) in [7, 11) is 3.87. The lowest BCUT2D eigenvalue weighted by atomic mass is 9.93. The van der Waals surface area contributed by atoms with Crippen LogP contribution in [0.1, 0.15) is 77.2 Å². The Morgan fingerprint density at radius 1 is 0.979 bits per heavy atom. The zero-order valence-corrected chi connectivity index (χ0v) is 28.8. The first-order valence-corrected chi connectivity index (χ1v) is 16.9. The topological polar surface area (TPSA) is 94.8 Å². The van der Waals surface area contributed by atoms with Crippen LogP contribution in [0.3, 0.4) is 0 Å². The van der Waals surface area contributed by atoms with Crippen molar-refractivity contribution in [2.45, 2.75) is 65.5 Å². The Morgan fingerprint density at radius 2 is 1.66 bits per heavy atom. The number of aliphatic hydroxyl groups is 1. The van der Waals surface area contributed by atoms with Crippen LogP contribution < -0.4 is 4.90 Å². The molecule has 0 fully saturated rings. The Balaban J connectivity index is 1.61. The van der Waals surface area contributed by atoms with Gasteiger partial charge < -0.3 is 19.8 Å². The van der Waals surface area contributed by atoms with E-state index in [1.165, 1.54) is 0 Å². The summed E-state index contributed by atoms with van der Waals surface area (Å²) in [5.74, 6) is 0.383. The second-order valence-corrected chi connectivity index (χ2v) is 12.8. The van der Waals surface area contributed by atoms with Gasteiger partial charge in [-0.05, 0) is 67.1 Å². The monoisotopic (exact) mass is 656 g/mol. The minimum Gasteiger partial charge on any atom is -0.394 e. The lowest BCUT2D eigenvalue weighted by Crippen LogP contribution is -2.46. The van der Waals surface area contributed by atoms with Crippen molar-refractivity contribution in [3.63, 3.8) is 0 Å². The fraction of sp³-hybridized carbons (Fsp3) is 0.405. The van der Waals surface area contributed by atoms with Crippen molar-refractivity contribution in [3.8, 4) is 16.8 Å². The first kappa shape index (κ1) is 34.1. The molecule has 0 saturated carbocycles. The number of amides is 2. The summed E-state index contributed by atoms with van der Waals surface area (Å²) >= 11 is 6.85. The van der Waals surface area contributed by atoms with Crippen LogP contribution in [0, 0.1) is 6.92 Å². The third-order valence-electron chi connectivity index (χ3n) is 8.92. The number of benzene rings is 2. The van der Waals surface area contributed by atoms with E-state index in [9.17, 15) is 14.7 Å². The molecule has 1 N–H and O–H groups in total. The molecule has 0 radical (unpaired) electrons. The van der Waals surface area contributed by atoms with Crippen LogP contribution in [0.25, 0.3) is 16.8 Å². The summed E-state index contributed by atoms with van der Waals surface area (Å²) in [6, 6.07) is 17.2. The molecule has 47 heavy (non-hydrogen) atoms. The maximum atomic E-state index is 14.6. The van der Waals surface area contributed by atoms with Crippen LogP contribution in [-0.2, 0) is 13.0 Å². The lowest BCUT2D eigenvalue weighted by molar-refractivity contribution is 0.0544. The number of halogens is 1. The number of unbranched alkanes of at least 4 members (excludes halogenated alkanes) is 2. The molecule has 248 valence electrons. The van der Waals surface area contributed by atoms with Gasteiger partial charge >= 0.3 is 0 Å². The highest BCUT2D eigenvalue weighted by atomic mass is 35.5. The summed E-state index contributed by atoms with van der Waals surface area (Å²) in [4.78, 5) is 38.5. The Bertz CT molecular complexity index is 1710. The molecule has 5 rings (SSSR count). The van der Waals surface area contributed by atoms with E-state index in [0.717, 1.165) is 53.8 Å². The van der Waals surface area contributed by atoms with Crippen molar-refractivity contribution in [1.82, 2.24) is 24.6 Å². The van der Waals surface area contributed by atoms with Gasteiger partial charge in [-0.25, -0.2) is 9.67 Å². The van der Waals surface area contributed by atoms with E-state index in [0.29, 0.717) is 43.0 Å². The summed E-state index contributed by atoms with van der Waals surface area (Å²) in [5.41, 5.74) is 5.51. The van der Waals surface area contributed by atoms with Gasteiger partial charge in [0.25, 0.3) is 11.8 Å². The SMILES string of the molecule is CCCCN(CCCC)C(=O)c1nn(-c2ccc(-c3ccc(N(C)C)nc3)cc2C(=O)N2Cc3ccccc3C[C@H]2CO)c(C)c1Cl. The molecular formula is C37H45ClN6O3. The zero-order valence-electron chi connectivity index (χ0n) is 28.0. The molecule has 0 saturated heterocycles. The Labute approximate surface area is 282 Å². The number of nitrogens with zero attached hydrogens (tertiary/aromatic N) is 6. The van der Waals surface area contributed by atoms with Crippen LogP contribution in [0.2, 0.25) is 5.02 Å². The normalized spacial score (nSPS) is 14.2. The quantitative estimate of drug-likeness (QED) is 0.186. The van der Waals surface area contributed by atoms with E-state index < -0.39 is 0 Å². The van der Waals surface area contributed by atoms with Crippen molar-refractivity contribution in [2.75, 3.05) is 38.7 Å². The molecule has 10 heteroatoms. The zero-order chi connectivity index (χ0) is 33.7. The molecule has 0 bridgehead atoms. The number of aromatic nitrogens is 3. The van der Waals surface area contributed by atoms with Crippen molar-refractivity contribution >= 4 is 29.2 Å². The van der Waals surface area contributed by atoms with Crippen molar-refractivity contribution in [2.24, 2.45) is 0 Å². The molecule has 2 aromatic carbocycles. The van der Waals surface area contributed by atoms with Crippen LogP contribution >= 0.6 is 11.6 Å². The molecule has 4 aromatic rings. The smallest absolute Gasteiger partial charge is 0.275 e. The largest absolute Gasteiger partial charge is 0.394 e. The van der Waals surface area contributed by atoms with Gasteiger partial charge in [0.2, 0.25) is 0 Å². The number of aliphatic hydroxyl groups excluding tert-OH is 1. The second-order valence-electron chi connectivity index (χ2n) is 12.4. The molecule has 2 amide bonds. The van der Waals surface area contributed by atoms with Crippen LogP contribution in [0.5, 0.6) is 0 Å². The van der Waals surface area contributed by atoms with Crippen molar-refractivity contribution in [1.29, 1.82) is 0 Å². The molecule has 0 aliphatic carbocycles. The van der Waals surface area contributed by atoms with Gasteiger partial charge in [-0.1, -0.05) is 68.6 Å². The van der Waals surface area contributed by atoms with Crippen LogP contribution in [0.15, 0.2) is 60.8 Å². The molecule has 0 spiro atoms. The maximum absolute atomic E-state index is 14.6. The number of fused-ring (bicyclic) bond motifs is 1. The van der Waals surface area contributed by atoms with Gasteiger partial charge in [0.05, 0.1) is 34.6 Å². The lowest BCUT2D eigenvalue weighted by Gasteiger charge is -2.36. The van der Waals surface area contributed by atoms with Crippen molar-refractivity contribution in [3.05, 3.63) is 93.9 Å². The number of anilines is 1.